The van der Waals surface area contributed by atoms with Gasteiger partial charge in [-0.1, -0.05) is 13.8 Å². The van der Waals surface area contributed by atoms with Crippen molar-refractivity contribution in [1.82, 2.24) is 5.32 Å². The van der Waals surface area contributed by atoms with Gasteiger partial charge in [-0.25, -0.2) is 0 Å². The zero-order valence-corrected chi connectivity index (χ0v) is 10.1. The summed E-state index contributed by atoms with van der Waals surface area (Å²) in [7, 11) is 0. The van der Waals surface area contributed by atoms with Crippen LogP contribution in [0, 0.1) is 27.4 Å². The van der Waals surface area contributed by atoms with E-state index in [2.05, 4.69) is 5.32 Å². The Morgan fingerprint density at radius 2 is 1.94 bits per heavy atom. The first-order chi connectivity index (χ1) is 8.45. The zero-order chi connectivity index (χ0) is 13.7. The number of benzene rings is 1. The number of nitrogens with zero attached hydrogens (tertiary/aromatic N) is 2. The van der Waals surface area contributed by atoms with E-state index in [4.69, 9.17) is 5.26 Å². The Hall–Kier alpha value is -2.42. The molecule has 1 amide bonds. The van der Waals surface area contributed by atoms with Gasteiger partial charge in [-0.3, -0.25) is 14.9 Å². The molecule has 1 rings (SSSR count). The van der Waals surface area contributed by atoms with Crippen LogP contribution in [0.2, 0.25) is 0 Å². The average molecular weight is 247 g/mol. The number of nitro benzene ring substituents is 1. The highest BCUT2D eigenvalue weighted by Crippen LogP contribution is 2.12. The fraction of sp³-hybridized carbons (Fsp3) is 0.333. The van der Waals surface area contributed by atoms with E-state index in [0.29, 0.717) is 5.56 Å². The van der Waals surface area contributed by atoms with Crippen molar-refractivity contribution in [3.63, 3.8) is 0 Å². The van der Waals surface area contributed by atoms with Gasteiger partial charge in [0.15, 0.2) is 0 Å². The lowest BCUT2D eigenvalue weighted by Gasteiger charge is -2.14. The summed E-state index contributed by atoms with van der Waals surface area (Å²) in [5.41, 5.74) is 0.216. The molecule has 0 aliphatic rings. The molecule has 94 valence electrons. The number of rotatable bonds is 4. The Morgan fingerprint density at radius 1 is 1.39 bits per heavy atom. The lowest BCUT2D eigenvalue weighted by Crippen LogP contribution is -2.37. The highest BCUT2D eigenvalue weighted by Gasteiger charge is 2.16. The summed E-state index contributed by atoms with van der Waals surface area (Å²) in [6, 6.07) is 6.65. The van der Waals surface area contributed by atoms with Crippen molar-refractivity contribution >= 4 is 11.6 Å². The average Bonchev–Trinajstić information content (AvgIpc) is 2.35. The number of carbonyl (C=O) groups excluding carboxylic acids is 1. The minimum Gasteiger partial charge on any atom is -0.336 e. The van der Waals surface area contributed by atoms with Crippen molar-refractivity contribution < 1.29 is 9.72 Å². The van der Waals surface area contributed by atoms with Crippen LogP contribution in [0.5, 0.6) is 0 Å². The number of carbonyl (C=O) groups is 1. The van der Waals surface area contributed by atoms with E-state index in [1.807, 2.05) is 19.9 Å². The van der Waals surface area contributed by atoms with Crippen molar-refractivity contribution in [1.29, 1.82) is 5.26 Å². The smallest absolute Gasteiger partial charge is 0.269 e. The van der Waals surface area contributed by atoms with Crippen molar-refractivity contribution in [3.8, 4) is 6.07 Å². The molecular weight excluding hydrogens is 234 g/mol. The molecule has 0 aliphatic carbocycles. The maximum absolute atomic E-state index is 11.8. The summed E-state index contributed by atoms with van der Waals surface area (Å²) < 4.78 is 0. The van der Waals surface area contributed by atoms with Gasteiger partial charge in [-0.05, 0) is 18.1 Å². The van der Waals surface area contributed by atoms with Crippen LogP contribution < -0.4 is 5.32 Å². The van der Waals surface area contributed by atoms with Gasteiger partial charge < -0.3 is 5.32 Å². The van der Waals surface area contributed by atoms with E-state index < -0.39 is 16.9 Å². The number of amides is 1. The van der Waals surface area contributed by atoms with E-state index in [1.54, 1.807) is 0 Å². The van der Waals surface area contributed by atoms with E-state index in [-0.39, 0.29) is 11.6 Å². The maximum atomic E-state index is 11.8. The number of nitrogens with one attached hydrogen (secondary N) is 1. The Morgan fingerprint density at radius 3 is 2.33 bits per heavy atom. The lowest BCUT2D eigenvalue weighted by molar-refractivity contribution is -0.384. The standard InChI is InChI=1S/C12H13N3O3/c1-8(2)11(7-13)14-12(16)9-3-5-10(6-4-9)15(17)18/h3-6,8,11H,1-2H3,(H,14,16)/t11-/m0/s1. The number of hydrogen-bond donors (Lipinski definition) is 1. The van der Waals surface area contributed by atoms with Crippen LogP contribution in [0.3, 0.4) is 0 Å². The molecule has 1 N–H and O–H groups in total. The number of nitro groups is 1. The Kier molecular flexibility index (Phi) is 4.38. The molecule has 18 heavy (non-hydrogen) atoms. The first-order valence-electron chi connectivity index (χ1n) is 5.40. The third kappa shape index (κ3) is 3.28. The first-order valence-corrected chi connectivity index (χ1v) is 5.40. The van der Waals surface area contributed by atoms with Gasteiger partial charge in [-0.15, -0.1) is 0 Å². The Balaban J connectivity index is 2.79. The third-order valence-electron chi connectivity index (χ3n) is 2.43. The van der Waals surface area contributed by atoms with Crippen LogP contribution in [0.25, 0.3) is 0 Å². The minimum absolute atomic E-state index is 0.00278. The third-order valence-corrected chi connectivity index (χ3v) is 2.43. The predicted octanol–water partition coefficient (Wildman–Crippen LogP) is 1.87. The molecule has 0 saturated heterocycles. The number of nitriles is 1. The molecule has 0 aliphatic heterocycles. The monoisotopic (exact) mass is 247 g/mol. The molecule has 0 saturated carbocycles. The maximum Gasteiger partial charge on any atom is 0.269 e. The normalized spacial score (nSPS) is 11.7. The number of non-ortho nitro benzene ring substituents is 1. The highest BCUT2D eigenvalue weighted by atomic mass is 16.6. The van der Waals surface area contributed by atoms with Gasteiger partial charge in [0.2, 0.25) is 0 Å². The van der Waals surface area contributed by atoms with Crippen molar-refractivity contribution in [2.75, 3.05) is 0 Å². The molecule has 1 aromatic carbocycles. The molecule has 0 spiro atoms. The molecule has 0 radical (unpaired) electrons. The van der Waals surface area contributed by atoms with Crippen LogP contribution in [0.4, 0.5) is 5.69 Å². The van der Waals surface area contributed by atoms with Gasteiger partial charge in [-0.2, -0.15) is 5.26 Å². The minimum atomic E-state index is -0.576. The molecule has 1 atom stereocenters. The molecule has 0 unspecified atom stereocenters. The van der Waals surface area contributed by atoms with Gasteiger partial charge in [0.25, 0.3) is 11.6 Å². The molecule has 1 aromatic rings. The van der Waals surface area contributed by atoms with Crippen LogP contribution in [0.15, 0.2) is 24.3 Å². The van der Waals surface area contributed by atoms with E-state index >= 15 is 0 Å². The molecule has 6 heteroatoms. The second-order valence-corrected chi connectivity index (χ2v) is 4.13. The summed E-state index contributed by atoms with van der Waals surface area (Å²) in [5, 5.41) is 21.9. The highest BCUT2D eigenvalue weighted by molar-refractivity contribution is 5.94. The molecule has 0 heterocycles. The number of hydrogen-bond acceptors (Lipinski definition) is 4. The van der Waals surface area contributed by atoms with Crippen LogP contribution in [-0.4, -0.2) is 16.9 Å². The summed E-state index contributed by atoms with van der Waals surface area (Å²) in [6.07, 6.45) is 0. The summed E-state index contributed by atoms with van der Waals surface area (Å²) in [5.74, 6) is -0.415. The van der Waals surface area contributed by atoms with Crippen LogP contribution in [-0.2, 0) is 0 Å². The second kappa shape index (κ2) is 5.77. The Bertz CT molecular complexity index is 488. The molecule has 0 aromatic heterocycles. The van der Waals surface area contributed by atoms with Gasteiger partial charge in [0.05, 0.1) is 11.0 Å². The molecule has 0 fully saturated rings. The first kappa shape index (κ1) is 13.6. The fourth-order valence-electron chi connectivity index (χ4n) is 1.31. The van der Waals surface area contributed by atoms with Gasteiger partial charge in [0.1, 0.15) is 6.04 Å². The molecule has 6 nitrogen and oxygen atoms in total. The van der Waals surface area contributed by atoms with Crippen molar-refractivity contribution in [2.24, 2.45) is 5.92 Å². The summed E-state index contributed by atoms with van der Waals surface area (Å²) in [4.78, 5) is 21.7. The SMILES string of the molecule is CC(C)[C@H](C#N)NC(=O)c1ccc([N+](=O)[O-])cc1. The van der Waals surface area contributed by atoms with E-state index in [0.717, 1.165) is 0 Å². The van der Waals surface area contributed by atoms with Crippen LogP contribution >= 0.6 is 0 Å². The lowest BCUT2D eigenvalue weighted by atomic mass is 10.1. The predicted molar refractivity (Wildman–Crippen MR) is 64.8 cm³/mol. The van der Waals surface area contributed by atoms with Crippen molar-refractivity contribution in [3.05, 3.63) is 39.9 Å². The second-order valence-electron chi connectivity index (χ2n) is 4.13. The summed E-state index contributed by atoms with van der Waals surface area (Å²) in [6.45, 7) is 3.65. The fourth-order valence-corrected chi connectivity index (χ4v) is 1.31. The van der Waals surface area contributed by atoms with Gasteiger partial charge in [0, 0.05) is 17.7 Å². The zero-order valence-electron chi connectivity index (χ0n) is 10.1. The topological polar surface area (TPSA) is 96.0 Å². The summed E-state index contributed by atoms with van der Waals surface area (Å²) >= 11 is 0. The van der Waals surface area contributed by atoms with Gasteiger partial charge >= 0.3 is 0 Å². The van der Waals surface area contributed by atoms with E-state index in [9.17, 15) is 14.9 Å². The quantitative estimate of drug-likeness (QED) is 0.648. The molecule has 0 bridgehead atoms. The largest absolute Gasteiger partial charge is 0.336 e. The van der Waals surface area contributed by atoms with Crippen molar-refractivity contribution in [2.45, 2.75) is 19.9 Å². The molecular formula is C12H13N3O3. The van der Waals surface area contributed by atoms with E-state index in [1.165, 1.54) is 24.3 Å². The van der Waals surface area contributed by atoms with Crippen LogP contribution in [0.1, 0.15) is 24.2 Å². The Labute approximate surface area is 104 Å².